The lowest BCUT2D eigenvalue weighted by Gasteiger charge is -2.33. The molecule has 0 aliphatic carbocycles. The second kappa shape index (κ2) is 5.55. The van der Waals surface area contributed by atoms with Crippen molar-refractivity contribution in [3.05, 3.63) is 23.2 Å². The Balaban J connectivity index is 1.81. The molecule has 1 saturated heterocycles. The minimum absolute atomic E-state index is 0.221. The first-order chi connectivity index (χ1) is 9.97. The van der Waals surface area contributed by atoms with E-state index < -0.39 is 5.60 Å². The van der Waals surface area contributed by atoms with Crippen LogP contribution < -0.4 is 4.74 Å². The molecule has 1 aromatic heterocycles. The summed E-state index contributed by atoms with van der Waals surface area (Å²) in [6.07, 6.45) is 2.20. The van der Waals surface area contributed by atoms with Gasteiger partial charge in [0.15, 0.2) is 0 Å². The van der Waals surface area contributed by atoms with E-state index in [0.717, 1.165) is 46.9 Å². The lowest BCUT2D eigenvalue weighted by Crippen LogP contribution is -2.45. The highest BCUT2D eigenvalue weighted by Gasteiger charge is 2.36. The first-order valence-corrected chi connectivity index (χ1v) is 8.19. The van der Waals surface area contributed by atoms with E-state index in [1.165, 1.54) is 0 Å². The Morgan fingerprint density at radius 1 is 1.48 bits per heavy atom. The molecule has 4 nitrogen and oxygen atoms in total. The summed E-state index contributed by atoms with van der Waals surface area (Å²) in [5.74, 6) is 0.869. The number of aliphatic hydroxyl groups is 1. The van der Waals surface area contributed by atoms with Crippen molar-refractivity contribution in [1.29, 1.82) is 0 Å². The van der Waals surface area contributed by atoms with Gasteiger partial charge in [-0.05, 0) is 51.4 Å². The molecule has 2 heterocycles. The number of methoxy groups -OCH3 is 1. The Morgan fingerprint density at radius 3 is 3.00 bits per heavy atom. The van der Waals surface area contributed by atoms with Gasteiger partial charge < -0.3 is 9.84 Å². The summed E-state index contributed by atoms with van der Waals surface area (Å²) < 4.78 is 6.42. The number of hydrogen-bond donors (Lipinski definition) is 1. The van der Waals surface area contributed by atoms with Crippen LogP contribution in [-0.2, 0) is 6.54 Å². The number of fused-ring (bicyclic) bond motifs is 1. The van der Waals surface area contributed by atoms with Crippen molar-refractivity contribution < 1.29 is 9.84 Å². The van der Waals surface area contributed by atoms with Crippen molar-refractivity contribution in [3.8, 4) is 5.75 Å². The highest BCUT2D eigenvalue weighted by atomic mass is 32.1. The van der Waals surface area contributed by atoms with Crippen LogP contribution >= 0.6 is 11.3 Å². The van der Waals surface area contributed by atoms with Crippen molar-refractivity contribution in [3.63, 3.8) is 0 Å². The highest BCUT2D eigenvalue weighted by Crippen LogP contribution is 2.31. The molecule has 1 fully saturated rings. The number of nitrogens with zero attached hydrogens (tertiary/aromatic N) is 2. The summed E-state index contributed by atoms with van der Waals surface area (Å²) in [5.41, 5.74) is 0.367. The third-order valence-electron chi connectivity index (χ3n) is 4.16. The Kier molecular flexibility index (Phi) is 3.90. The van der Waals surface area contributed by atoms with Crippen molar-refractivity contribution in [2.75, 3.05) is 13.7 Å². The van der Waals surface area contributed by atoms with Crippen LogP contribution in [0.5, 0.6) is 5.75 Å². The number of likely N-dealkylation sites (tertiary alicyclic amines) is 1. The number of thiazole rings is 1. The van der Waals surface area contributed by atoms with Gasteiger partial charge in [0.05, 0.1) is 29.5 Å². The van der Waals surface area contributed by atoms with Crippen LogP contribution in [0.2, 0.25) is 0 Å². The van der Waals surface area contributed by atoms with E-state index in [1.807, 2.05) is 32.0 Å². The van der Waals surface area contributed by atoms with E-state index in [0.29, 0.717) is 0 Å². The minimum atomic E-state index is -0.656. The van der Waals surface area contributed by atoms with Crippen LogP contribution in [-0.4, -0.2) is 40.3 Å². The molecule has 1 atom stereocenters. The van der Waals surface area contributed by atoms with Gasteiger partial charge in [0.25, 0.3) is 0 Å². The molecule has 0 amide bonds. The predicted octanol–water partition coefficient (Wildman–Crippen LogP) is 3.04. The fraction of sp³-hybridized carbons (Fsp3) is 0.562. The lowest BCUT2D eigenvalue weighted by atomic mass is 9.97. The van der Waals surface area contributed by atoms with Gasteiger partial charge in [-0.3, -0.25) is 4.90 Å². The first kappa shape index (κ1) is 14.8. The molecule has 0 bridgehead atoms. The quantitative estimate of drug-likeness (QED) is 0.943. The summed E-state index contributed by atoms with van der Waals surface area (Å²) in [6.45, 7) is 5.66. The Bertz CT molecular complexity index is 633. The van der Waals surface area contributed by atoms with Gasteiger partial charge in [-0.1, -0.05) is 0 Å². The van der Waals surface area contributed by atoms with Crippen LogP contribution in [0.15, 0.2) is 18.2 Å². The Labute approximate surface area is 129 Å². The summed E-state index contributed by atoms with van der Waals surface area (Å²) in [6, 6.07) is 6.21. The zero-order chi connectivity index (χ0) is 15.0. The summed E-state index contributed by atoms with van der Waals surface area (Å²) in [5, 5.41) is 11.4. The molecule has 0 unspecified atom stereocenters. The molecule has 0 saturated carbocycles. The monoisotopic (exact) mass is 306 g/mol. The fourth-order valence-electron chi connectivity index (χ4n) is 3.14. The molecular weight excluding hydrogens is 284 g/mol. The standard InChI is InChI=1S/C16H22N2O2S/c1-16(2,19)14-5-4-8-18(14)10-15-17-12-7-6-11(20-3)9-13(12)21-15/h6-7,9,14,19H,4-5,8,10H2,1-3H3/t14-/m0/s1. The average molecular weight is 306 g/mol. The fourth-order valence-corrected chi connectivity index (χ4v) is 4.16. The minimum Gasteiger partial charge on any atom is -0.497 e. The molecule has 1 aliphatic rings. The van der Waals surface area contributed by atoms with Crippen molar-refractivity contribution >= 4 is 21.6 Å². The van der Waals surface area contributed by atoms with E-state index in [1.54, 1.807) is 18.4 Å². The third kappa shape index (κ3) is 3.05. The predicted molar refractivity (Wildman–Crippen MR) is 85.9 cm³/mol. The van der Waals surface area contributed by atoms with Gasteiger partial charge in [-0.25, -0.2) is 4.98 Å². The van der Waals surface area contributed by atoms with Crippen LogP contribution in [0.4, 0.5) is 0 Å². The molecular formula is C16H22N2O2S. The summed E-state index contributed by atoms with van der Waals surface area (Å²) >= 11 is 1.71. The van der Waals surface area contributed by atoms with Crippen molar-refractivity contribution in [2.24, 2.45) is 0 Å². The van der Waals surface area contributed by atoms with Crippen LogP contribution in [0.3, 0.4) is 0 Å². The van der Waals surface area contributed by atoms with Gasteiger partial charge in [-0.2, -0.15) is 0 Å². The maximum atomic E-state index is 10.3. The first-order valence-electron chi connectivity index (χ1n) is 7.37. The number of aromatic nitrogens is 1. The van der Waals surface area contributed by atoms with Crippen LogP contribution in [0.1, 0.15) is 31.7 Å². The zero-order valence-electron chi connectivity index (χ0n) is 12.8. The van der Waals surface area contributed by atoms with E-state index in [4.69, 9.17) is 9.72 Å². The largest absolute Gasteiger partial charge is 0.497 e. The van der Waals surface area contributed by atoms with Gasteiger partial charge in [0, 0.05) is 6.04 Å². The normalized spacial score (nSPS) is 20.3. The van der Waals surface area contributed by atoms with E-state index in [-0.39, 0.29) is 6.04 Å². The Morgan fingerprint density at radius 2 is 2.29 bits per heavy atom. The molecule has 1 aromatic carbocycles. The molecule has 21 heavy (non-hydrogen) atoms. The number of hydrogen-bond acceptors (Lipinski definition) is 5. The number of rotatable bonds is 4. The number of ether oxygens (including phenoxy) is 1. The maximum Gasteiger partial charge on any atom is 0.120 e. The van der Waals surface area contributed by atoms with Gasteiger partial charge in [0.2, 0.25) is 0 Å². The molecule has 114 valence electrons. The lowest BCUT2D eigenvalue weighted by molar-refractivity contribution is -0.00501. The third-order valence-corrected chi connectivity index (χ3v) is 5.16. The van der Waals surface area contributed by atoms with Crippen LogP contribution in [0.25, 0.3) is 10.2 Å². The second-order valence-electron chi connectivity index (χ2n) is 6.22. The van der Waals surface area contributed by atoms with E-state index >= 15 is 0 Å². The van der Waals surface area contributed by atoms with Crippen molar-refractivity contribution in [1.82, 2.24) is 9.88 Å². The SMILES string of the molecule is COc1ccc2nc(CN3CCC[C@H]3C(C)(C)O)sc2c1. The topological polar surface area (TPSA) is 45.6 Å². The highest BCUT2D eigenvalue weighted by molar-refractivity contribution is 7.18. The van der Waals surface area contributed by atoms with E-state index in [9.17, 15) is 5.11 Å². The number of benzene rings is 1. The zero-order valence-corrected chi connectivity index (χ0v) is 13.6. The van der Waals surface area contributed by atoms with Gasteiger partial charge in [0.1, 0.15) is 10.8 Å². The van der Waals surface area contributed by atoms with Crippen LogP contribution in [0, 0.1) is 0 Å². The van der Waals surface area contributed by atoms with Gasteiger partial charge in [-0.15, -0.1) is 11.3 Å². The molecule has 1 aliphatic heterocycles. The smallest absolute Gasteiger partial charge is 0.120 e. The summed E-state index contributed by atoms with van der Waals surface area (Å²) in [4.78, 5) is 7.06. The molecule has 3 rings (SSSR count). The van der Waals surface area contributed by atoms with E-state index in [2.05, 4.69) is 4.90 Å². The Hall–Kier alpha value is -1.17. The molecule has 2 aromatic rings. The molecule has 5 heteroatoms. The maximum absolute atomic E-state index is 10.3. The molecule has 0 spiro atoms. The average Bonchev–Trinajstić information content (AvgIpc) is 3.03. The van der Waals surface area contributed by atoms with Gasteiger partial charge >= 0.3 is 0 Å². The molecule has 1 N–H and O–H groups in total. The molecule has 0 radical (unpaired) electrons. The second-order valence-corrected chi connectivity index (χ2v) is 7.34. The van der Waals surface area contributed by atoms with Crippen molar-refractivity contribution in [2.45, 2.75) is 44.9 Å². The summed E-state index contributed by atoms with van der Waals surface area (Å²) in [7, 11) is 1.68.